The van der Waals surface area contributed by atoms with Crippen molar-refractivity contribution in [2.24, 2.45) is 0 Å². The molecule has 0 aliphatic carbocycles. The lowest BCUT2D eigenvalue weighted by Crippen LogP contribution is -2.09. The number of para-hydroxylation sites is 4. The van der Waals surface area contributed by atoms with Crippen molar-refractivity contribution < 1.29 is 0 Å². The van der Waals surface area contributed by atoms with E-state index in [0.717, 1.165) is 67.5 Å². The summed E-state index contributed by atoms with van der Waals surface area (Å²) in [4.78, 5) is 4.58. The van der Waals surface area contributed by atoms with Crippen LogP contribution in [0.15, 0.2) is 303 Å². The normalized spacial score (nSPS) is 11.3. The fraction of sp³-hybridized carbons (Fsp3) is 0. The van der Waals surface area contributed by atoms with E-state index in [2.05, 4.69) is 337 Å². The third-order valence-electron chi connectivity index (χ3n) is 14.0. The van der Waals surface area contributed by atoms with Gasteiger partial charge in [-0.1, -0.05) is 255 Å². The minimum atomic E-state index is 1.11. The molecule has 76 heavy (non-hydrogen) atoms. The Morgan fingerprint density at radius 1 is 0.171 bits per heavy atom. The van der Waals surface area contributed by atoms with Gasteiger partial charge in [0.05, 0.1) is 0 Å². The highest BCUT2D eigenvalue weighted by Gasteiger charge is 2.24. The maximum Gasteiger partial charge on any atom is 0.0462 e. The standard InChI is InChI=1S/C74H54N2/c1-7-21-59(22-8-1)71-69-33-19-20-34-70(69)72(60-23-9-2-10-24-60)74(62-49-41-56(42-50-62)36-38-58-45-53-68(54-46-58)76(65-29-15-5-16-30-65)66-31-17-6-18-32-66)73(71)61-47-39-55(40-48-61)35-37-57-43-51-67(52-44-57)75(63-25-11-3-12-26-63)64-27-13-4-14-28-64/h1-54H/b37-35+,38-36+. The van der Waals surface area contributed by atoms with Crippen molar-refractivity contribution in [1.82, 2.24) is 0 Å². The van der Waals surface area contributed by atoms with Crippen LogP contribution < -0.4 is 9.80 Å². The summed E-state index contributed by atoms with van der Waals surface area (Å²) in [5.41, 5.74) is 20.8. The monoisotopic (exact) mass is 970 g/mol. The topological polar surface area (TPSA) is 6.48 Å². The first kappa shape index (κ1) is 47.0. The van der Waals surface area contributed by atoms with Gasteiger partial charge in [0.1, 0.15) is 0 Å². The van der Waals surface area contributed by atoms with Crippen LogP contribution in [-0.2, 0) is 0 Å². The molecule has 360 valence electrons. The summed E-state index contributed by atoms with van der Waals surface area (Å²) in [6, 6.07) is 109. The SMILES string of the molecule is C(=C\c1ccc(N(c2ccccc2)c2ccccc2)cc1)/c1ccc(-c2c(-c3ccc(/C=C/c4ccc(N(c5ccccc5)c5ccccc5)cc4)cc3)c(-c3ccccc3)c3ccccc3c2-c2ccccc2)cc1. The Kier molecular flexibility index (Phi) is 13.6. The van der Waals surface area contributed by atoms with Crippen LogP contribution in [0.25, 0.3) is 79.6 Å². The number of fused-ring (bicyclic) bond motifs is 1. The highest BCUT2D eigenvalue weighted by atomic mass is 15.1. The third kappa shape index (κ3) is 10.0. The third-order valence-corrected chi connectivity index (χ3v) is 14.0. The van der Waals surface area contributed by atoms with E-state index < -0.39 is 0 Å². The van der Waals surface area contributed by atoms with Gasteiger partial charge in [-0.2, -0.15) is 0 Å². The molecule has 0 saturated carbocycles. The number of rotatable bonds is 14. The van der Waals surface area contributed by atoms with Crippen molar-refractivity contribution in [3.8, 4) is 44.5 Å². The van der Waals surface area contributed by atoms with Crippen molar-refractivity contribution in [2.45, 2.75) is 0 Å². The summed E-state index contributed by atoms with van der Waals surface area (Å²) in [6.45, 7) is 0. The second-order valence-electron chi connectivity index (χ2n) is 18.9. The Labute approximate surface area is 446 Å². The van der Waals surface area contributed by atoms with E-state index in [1.807, 2.05) is 0 Å². The van der Waals surface area contributed by atoms with Gasteiger partial charge in [-0.15, -0.1) is 0 Å². The first-order chi connectivity index (χ1) is 37.7. The number of nitrogens with zero attached hydrogens (tertiary/aromatic N) is 2. The molecule has 0 heterocycles. The van der Waals surface area contributed by atoms with Gasteiger partial charge in [0, 0.05) is 34.1 Å². The zero-order valence-electron chi connectivity index (χ0n) is 42.1. The number of anilines is 6. The number of benzene rings is 12. The molecule has 0 aromatic heterocycles. The molecule has 2 nitrogen and oxygen atoms in total. The lowest BCUT2D eigenvalue weighted by molar-refractivity contribution is 1.28. The molecule has 12 aromatic carbocycles. The molecule has 12 aromatic rings. The molecule has 0 fully saturated rings. The summed E-state index contributed by atoms with van der Waals surface area (Å²) < 4.78 is 0. The van der Waals surface area contributed by atoms with Crippen molar-refractivity contribution >= 4 is 69.2 Å². The quantitative estimate of drug-likeness (QED) is 0.100. The molecular weight excluding hydrogens is 917 g/mol. The minimum Gasteiger partial charge on any atom is -0.311 e. The Morgan fingerprint density at radius 2 is 0.382 bits per heavy atom. The zero-order valence-corrected chi connectivity index (χ0v) is 42.1. The van der Waals surface area contributed by atoms with Crippen LogP contribution in [0.2, 0.25) is 0 Å². The van der Waals surface area contributed by atoms with Crippen LogP contribution in [-0.4, -0.2) is 0 Å². The van der Waals surface area contributed by atoms with Crippen molar-refractivity contribution in [3.05, 3.63) is 326 Å². The molecule has 0 atom stereocenters. The maximum absolute atomic E-state index is 2.30. The molecule has 0 unspecified atom stereocenters. The van der Waals surface area contributed by atoms with E-state index in [-0.39, 0.29) is 0 Å². The summed E-state index contributed by atoms with van der Waals surface area (Å²) in [6.07, 6.45) is 8.83. The second-order valence-corrected chi connectivity index (χ2v) is 18.9. The van der Waals surface area contributed by atoms with Gasteiger partial charge in [0.15, 0.2) is 0 Å². The average molecular weight is 971 g/mol. The highest BCUT2D eigenvalue weighted by molar-refractivity contribution is 6.18. The molecule has 0 bridgehead atoms. The van der Waals surface area contributed by atoms with Crippen LogP contribution in [0.5, 0.6) is 0 Å². The molecule has 0 aliphatic rings. The van der Waals surface area contributed by atoms with E-state index in [9.17, 15) is 0 Å². The van der Waals surface area contributed by atoms with Crippen molar-refractivity contribution in [1.29, 1.82) is 0 Å². The van der Waals surface area contributed by atoms with Crippen LogP contribution in [0.3, 0.4) is 0 Å². The maximum atomic E-state index is 2.30. The van der Waals surface area contributed by atoms with E-state index in [1.54, 1.807) is 0 Å². The lowest BCUT2D eigenvalue weighted by Gasteiger charge is -2.25. The molecule has 12 rings (SSSR count). The Morgan fingerprint density at radius 3 is 0.658 bits per heavy atom. The van der Waals surface area contributed by atoms with E-state index in [0.29, 0.717) is 0 Å². The molecule has 0 amide bonds. The minimum absolute atomic E-state index is 1.11. The molecule has 0 spiro atoms. The largest absolute Gasteiger partial charge is 0.311 e. The highest BCUT2D eigenvalue weighted by Crippen LogP contribution is 2.51. The first-order valence-electron chi connectivity index (χ1n) is 26.0. The molecule has 0 saturated heterocycles. The van der Waals surface area contributed by atoms with E-state index in [1.165, 1.54) is 44.2 Å². The lowest BCUT2D eigenvalue weighted by atomic mass is 9.79. The van der Waals surface area contributed by atoms with Crippen molar-refractivity contribution in [3.63, 3.8) is 0 Å². The van der Waals surface area contributed by atoms with Gasteiger partial charge in [0.25, 0.3) is 0 Å². The summed E-state index contributed by atoms with van der Waals surface area (Å²) >= 11 is 0. The van der Waals surface area contributed by atoms with Crippen molar-refractivity contribution in [2.75, 3.05) is 9.80 Å². The van der Waals surface area contributed by atoms with Gasteiger partial charge >= 0.3 is 0 Å². The Bertz CT molecular complexity index is 3550. The van der Waals surface area contributed by atoms with Crippen LogP contribution >= 0.6 is 0 Å². The van der Waals surface area contributed by atoms with Crippen LogP contribution in [0.4, 0.5) is 34.1 Å². The van der Waals surface area contributed by atoms with Gasteiger partial charge < -0.3 is 9.80 Å². The Hall–Kier alpha value is -10.0. The number of hydrogen-bond acceptors (Lipinski definition) is 2. The molecule has 0 N–H and O–H groups in total. The first-order valence-corrected chi connectivity index (χ1v) is 26.0. The van der Waals surface area contributed by atoms with Gasteiger partial charge in [-0.05, 0) is 150 Å². The van der Waals surface area contributed by atoms with Gasteiger partial charge in [-0.3, -0.25) is 0 Å². The summed E-state index contributed by atoms with van der Waals surface area (Å²) in [5.74, 6) is 0. The smallest absolute Gasteiger partial charge is 0.0462 e. The molecular formula is C74H54N2. The average Bonchev–Trinajstić information content (AvgIpc) is 3.58. The fourth-order valence-corrected chi connectivity index (χ4v) is 10.4. The van der Waals surface area contributed by atoms with Gasteiger partial charge in [-0.25, -0.2) is 0 Å². The predicted molar refractivity (Wildman–Crippen MR) is 326 cm³/mol. The van der Waals surface area contributed by atoms with E-state index in [4.69, 9.17) is 0 Å². The fourth-order valence-electron chi connectivity index (χ4n) is 10.4. The summed E-state index contributed by atoms with van der Waals surface area (Å²) in [5, 5.41) is 2.44. The molecule has 0 aliphatic heterocycles. The summed E-state index contributed by atoms with van der Waals surface area (Å²) in [7, 11) is 0. The zero-order chi connectivity index (χ0) is 50.9. The van der Waals surface area contributed by atoms with E-state index >= 15 is 0 Å². The molecule has 0 radical (unpaired) electrons. The van der Waals surface area contributed by atoms with Crippen LogP contribution in [0, 0.1) is 0 Å². The second kappa shape index (κ2) is 22.0. The van der Waals surface area contributed by atoms with Gasteiger partial charge in [0.2, 0.25) is 0 Å². The van der Waals surface area contributed by atoms with Crippen LogP contribution in [0.1, 0.15) is 22.3 Å². The Balaban J connectivity index is 0.901. The number of hydrogen-bond donors (Lipinski definition) is 0. The predicted octanol–water partition coefficient (Wildman–Crippen LogP) is 20.8. The molecule has 2 heteroatoms.